The van der Waals surface area contributed by atoms with Crippen molar-refractivity contribution in [3.63, 3.8) is 0 Å². The van der Waals surface area contributed by atoms with Gasteiger partial charge >= 0.3 is 0 Å². The second-order valence-electron chi connectivity index (χ2n) is 5.53. The molecule has 0 saturated carbocycles. The summed E-state index contributed by atoms with van der Waals surface area (Å²) in [6.45, 7) is 0.546. The number of fused-ring (bicyclic) bond motifs is 1. The fraction of sp³-hybridized carbons (Fsp3) is 0.333. The SMILES string of the molecule is OCc1ccc(COc2ccc3c(c2)C(O)CCC3)cc1. The standard InChI is InChI=1S/C18H20O3/c19-11-13-4-6-14(7-5-13)12-21-16-9-8-15-2-1-3-18(20)17(15)10-16/h4-10,18-20H,1-3,11-12H2. The van der Waals surface area contributed by atoms with Gasteiger partial charge in [0.25, 0.3) is 0 Å². The molecule has 0 spiro atoms. The van der Waals surface area contributed by atoms with Crippen molar-refractivity contribution in [1.29, 1.82) is 0 Å². The molecule has 1 unspecified atom stereocenters. The predicted octanol–water partition coefficient (Wildman–Crippen LogP) is 3.13. The highest BCUT2D eigenvalue weighted by Crippen LogP contribution is 2.32. The molecule has 3 heteroatoms. The maximum atomic E-state index is 10.0. The van der Waals surface area contributed by atoms with Crippen molar-refractivity contribution >= 4 is 0 Å². The maximum absolute atomic E-state index is 10.0. The highest BCUT2D eigenvalue weighted by molar-refractivity contribution is 5.38. The van der Waals surface area contributed by atoms with Gasteiger partial charge in [0.1, 0.15) is 12.4 Å². The number of ether oxygens (including phenoxy) is 1. The Hall–Kier alpha value is -1.84. The Morgan fingerprint density at radius 1 is 1.05 bits per heavy atom. The van der Waals surface area contributed by atoms with Gasteiger partial charge < -0.3 is 14.9 Å². The molecule has 2 N–H and O–H groups in total. The zero-order valence-corrected chi connectivity index (χ0v) is 12.0. The largest absolute Gasteiger partial charge is 0.489 e. The van der Waals surface area contributed by atoms with Crippen molar-refractivity contribution in [3.8, 4) is 5.75 Å². The molecule has 110 valence electrons. The van der Waals surface area contributed by atoms with Crippen LogP contribution in [-0.4, -0.2) is 10.2 Å². The van der Waals surface area contributed by atoms with E-state index in [4.69, 9.17) is 9.84 Å². The monoisotopic (exact) mass is 284 g/mol. The van der Waals surface area contributed by atoms with Gasteiger partial charge in [0.2, 0.25) is 0 Å². The van der Waals surface area contributed by atoms with Gasteiger partial charge in [-0.1, -0.05) is 30.3 Å². The van der Waals surface area contributed by atoms with E-state index in [-0.39, 0.29) is 12.7 Å². The first kappa shape index (κ1) is 14.1. The van der Waals surface area contributed by atoms with E-state index in [0.717, 1.165) is 41.7 Å². The highest BCUT2D eigenvalue weighted by atomic mass is 16.5. The van der Waals surface area contributed by atoms with E-state index in [1.165, 1.54) is 5.56 Å². The van der Waals surface area contributed by atoms with Crippen molar-refractivity contribution in [2.75, 3.05) is 0 Å². The molecule has 3 nitrogen and oxygen atoms in total. The average molecular weight is 284 g/mol. The summed E-state index contributed by atoms with van der Waals surface area (Å²) in [5.41, 5.74) is 4.20. The summed E-state index contributed by atoms with van der Waals surface area (Å²) in [6.07, 6.45) is 2.56. The second-order valence-corrected chi connectivity index (χ2v) is 5.53. The average Bonchev–Trinajstić information content (AvgIpc) is 2.54. The molecule has 1 aliphatic rings. The number of aliphatic hydroxyl groups is 2. The summed E-state index contributed by atoms with van der Waals surface area (Å²) in [7, 11) is 0. The Labute approximate surface area is 124 Å². The van der Waals surface area contributed by atoms with Gasteiger partial charge in [0.05, 0.1) is 12.7 Å². The van der Waals surface area contributed by atoms with Crippen molar-refractivity contribution < 1.29 is 14.9 Å². The van der Waals surface area contributed by atoms with Crippen LogP contribution < -0.4 is 4.74 Å². The van der Waals surface area contributed by atoms with Crippen LogP contribution in [0.1, 0.15) is 41.2 Å². The molecule has 3 rings (SSSR count). The zero-order chi connectivity index (χ0) is 14.7. The fourth-order valence-electron chi connectivity index (χ4n) is 2.75. The van der Waals surface area contributed by atoms with E-state index < -0.39 is 0 Å². The molecule has 2 aromatic rings. The number of aryl methyl sites for hydroxylation is 1. The molecule has 0 radical (unpaired) electrons. The Morgan fingerprint density at radius 2 is 1.81 bits per heavy atom. The van der Waals surface area contributed by atoms with Gasteiger partial charge in [0.15, 0.2) is 0 Å². The summed E-state index contributed by atoms with van der Waals surface area (Å²) in [4.78, 5) is 0. The first-order valence-corrected chi connectivity index (χ1v) is 7.38. The van der Waals surface area contributed by atoms with Crippen molar-refractivity contribution in [3.05, 3.63) is 64.7 Å². The predicted molar refractivity (Wildman–Crippen MR) is 81.0 cm³/mol. The zero-order valence-electron chi connectivity index (χ0n) is 12.0. The minimum atomic E-state index is -0.360. The molecular formula is C18H20O3. The summed E-state index contributed by atoms with van der Waals surface area (Å²) in [5, 5.41) is 19.1. The number of rotatable bonds is 4. The Kier molecular flexibility index (Phi) is 4.23. The fourth-order valence-corrected chi connectivity index (χ4v) is 2.75. The lowest BCUT2D eigenvalue weighted by Gasteiger charge is -2.22. The molecule has 0 saturated heterocycles. The van der Waals surface area contributed by atoms with Crippen LogP contribution >= 0.6 is 0 Å². The third-order valence-corrected chi connectivity index (χ3v) is 4.01. The van der Waals surface area contributed by atoms with Crippen LogP contribution in [0.2, 0.25) is 0 Å². The molecule has 0 bridgehead atoms. The summed E-state index contributed by atoms with van der Waals surface area (Å²) in [5.74, 6) is 0.793. The third-order valence-electron chi connectivity index (χ3n) is 4.01. The lowest BCUT2D eigenvalue weighted by molar-refractivity contribution is 0.156. The van der Waals surface area contributed by atoms with Gasteiger partial charge in [-0.3, -0.25) is 0 Å². The van der Waals surface area contributed by atoms with E-state index in [0.29, 0.717) is 6.61 Å². The minimum absolute atomic E-state index is 0.0594. The van der Waals surface area contributed by atoms with Gasteiger partial charge in [-0.05, 0) is 53.6 Å². The molecule has 1 atom stereocenters. The smallest absolute Gasteiger partial charge is 0.120 e. The van der Waals surface area contributed by atoms with Crippen molar-refractivity contribution in [1.82, 2.24) is 0 Å². The van der Waals surface area contributed by atoms with Crippen molar-refractivity contribution in [2.24, 2.45) is 0 Å². The van der Waals surface area contributed by atoms with E-state index >= 15 is 0 Å². The molecule has 0 aromatic heterocycles. The quantitative estimate of drug-likeness (QED) is 0.907. The Morgan fingerprint density at radius 3 is 2.57 bits per heavy atom. The number of benzene rings is 2. The lowest BCUT2D eigenvalue weighted by Crippen LogP contribution is -2.09. The molecule has 0 fully saturated rings. The number of hydrogen-bond donors (Lipinski definition) is 2. The van der Waals surface area contributed by atoms with E-state index in [2.05, 4.69) is 6.07 Å². The van der Waals surface area contributed by atoms with Crippen LogP contribution in [0.15, 0.2) is 42.5 Å². The first-order chi connectivity index (χ1) is 10.3. The second kappa shape index (κ2) is 6.29. The van der Waals surface area contributed by atoms with Crippen LogP contribution in [0.5, 0.6) is 5.75 Å². The topological polar surface area (TPSA) is 49.7 Å². The van der Waals surface area contributed by atoms with Crippen LogP contribution in [0.25, 0.3) is 0 Å². The van der Waals surface area contributed by atoms with Crippen molar-refractivity contribution in [2.45, 2.75) is 38.6 Å². The van der Waals surface area contributed by atoms with Gasteiger partial charge in [-0.25, -0.2) is 0 Å². The van der Waals surface area contributed by atoms with Crippen LogP contribution in [0.4, 0.5) is 0 Å². The van der Waals surface area contributed by atoms with Crippen LogP contribution in [0.3, 0.4) is 0 Å². The minimum Gasteiger partial charge on any atom is -0.489 e. The molecule has 1 aliphatic carbocycles. The molecule has 0 amide bonds. The lowest BCUT2D eigenvalue weighted by atomic mass is 9.89. The molecular weight excluding hydrogens is 264 g/mol. The molecule has 21 heavy (non-hydrogen) atoms. The Bertz CT molecular complexity index is 604. The Balaban J connectivity index is 1.68. The number of aliphatic hydroxyl groups excluding tert-OH is 2. The number of hydrogen-bond acceptors (Lipinski definition) is 3. The van der Waals surface area contributed by atoms with Gasteiger partial charge in [-0.2, -0.15) is 0 Å². The molecule has 2 aromatic carbocycles. The maximum Gasteiger partial charge on any atom is 0.120 e. The summed E-state index contributed by atoms with van der Waals surface area (Å²) in [6, 6.07) is 13.7. The normalized spacial score (nSPS) is 17.3. The van der Waals surface area contributed by atoms with E-state index in [1.807, 2.05) is 36.4 Å². The van der Waals surface area contributed by atoms with Crippen LogP contribution in [0, 0.1) is 0 Å². The van der Waals surface area contributed by atoms with Crippen LogP contribution in [-0.2, 0) is 19.6 Å². The van der Waals surface area contributed by atoms with E-state index in [9.17, 15) is 5.11 Å². The summed E-state index contributed by atoms with van der Waals surface area (Å²) >= 11 is 0. The first-order valence-electron chi connectivity index (χ1n) is 7.38. The summed E-state index contributed by atoms with van der Waals surface area (Å²) < 4.78 is 5.81. The molecule has 0 aliphatic heterocycles. The third kappa shape index (κ3) is 3.26. The van der Waals surface area contributed by atoms with Gasteiger partial charge in [0, 0.05) is 0 Å². The molecule has 0 heterocycles. The van der Waals surface area contributed by atoms with E-state index in [1.54, 1.807) is 0 Å². The highest BCUT2D eigenvalue weighted by Gasteiger charge is 2.18. The van der Waals surface area contributed by atoms with Gasteiger partial charge in [-0.15, -0.1) is 0 Å².